The number of aromatic nitrogens is 2. The minimum Gasteiger partial charge on any atom is -0.741 e. The lowest BCUT2D eigenvalue weighted by Gasteiger charge is -2.35. The highest BCUT2D eigenvalue weighted by Crippen LogP contribution is 2.21. The van der Waals surface area contributed by atoms with Gasteiger partial charge in [-0.1, -0.05) is 15.9 Å². The van der Waals surface area contributed by atoms with Crippen LogP contribution in [-0.4, -0.2) is 54.1 Å². The van der Waals surface area contributed by atoms with Crippen LogP contribution in [0.4, 0.5) is 18.9 Å². The SMILES string of the molecule is C[n+]1ccn(CN2CCN(c3ccc(Br)cc3)CC2)c1.O=S(=O)([O-])C(F)(F)F. The number of halogens is 4. The van der Waals surface area contributed by atoms with Gasteiger partial charge in [0.25, 0.3) is 0 Å². The molecule has 3 rings (SSSR count). The van der Waals surface area contributed by atoms with E-state index in [-0.39, 0.29) is 0 Å². The second-order valence-corrected chi connectivity index (χ2v) is 8.50. The summed E-state index contributed by atoms with van der Waals surface area (Å²) >= 11 is 3.49. The Morgan fingerprint density at radius 1 is 1.14 bits per heavy atom. The van der Waals surface area contributed by atoms with Crippen molar-refractivity contribution in [1.29, 1.82) is 0 Å². The third-order valence-electron chi connectivity index (χ3n) is 4.03. The Morgan fingerprint density at radius 3 is 2.11 bits per heavy atom. The lowest BCUT2D eigenvalue weighted by molar-refractivity contribution is -0.671. The molecule has 0 unspecified atom stereocenters. The van der Waals surface area contributed by atoms with Crippen LogP contribution in [0.1, 0.15) is 0 Å². The summed E-state index contributed by atoms with van der Waals surface area (Å²) in [5, 5.41) is 0. The lowest BCUT2D eigenvalue weighted by atomic mass is 10.2. The minimum absolute atomic E-state index is 0.981. The quantitative estimate of drug-likeness (QED) is 0.378. The van der Waals surface area contributed by atoms with Gasteiger partial charge in [0, 0.05) is 36.3 Å². The summed E-state index contributed by atoms with van der Waals surface area (Å²) in [7, 11) is -4.03. The first-order chi connectivity index (χ1) is 13.0. The fourth-order valence-electron chi connectivity index (χ4n) is 2.62. The van der Waals surface area contributed by atoms with Gasteiger partial charge in [0.05, 0.1) is 7.05 Å². The maximum atomic E-state index is 10.7. The highest BCUT2D eigenvalue weighted by Gasteiger charge is 2.36. The van der Waals surface area contributed by atoms with E-state index in [1.165, 1.54) is 5.69 Å². The number of anilines is 1. The number of benzene rings is 1. The van der Waals surface area contributed by atoms with Crippen LogP contribution in [0.15, 0.2) is 47.5 Å². The number of imidazole rings is 1. The molecule has 0 aliphatic carbocycles. The number of hydrogen-bond acceptors (Lipinski definition) is 5. The summed E-state index contributed by atoms with van der Waals surface area (Å²) in [5.41, 5.74) is -4.33. The molecule has 1 aliphatic rings. The Morgan fingerprint density at radius 2 is 1.68 bits per heavy atom. The van der Waals surface area contributed by atoms with E-state index in [9.17, 15) is 13.2 Å². The molecule has 2 aromatic rings. The normalized spacial score (nSPS) is 15.9. The molecule has 7 nitrogen and oxygen atoms in total. The summed E-state index contributed by atoms with van der Waals surface area (Å²) in [5.74, 6) is 0. The molecule has 0 spiro atoms. The van der Waals surface area contributed by atoms with E-state index >= 15 is 0 Å². The van der Waals surface area contributed by atoms with Gasteiger partial charge in [-0.2, -0.15) is 13.2 Å². The number of hydrogen-bond donors (Lipinski definition) is 0. The first-order valence-corrected chi connectivity index (χ1v) is 10.4. The molecule has 2 heterocycles. The van der Waals surface area contributed by atoms with Crippen molar-refractivity contribution in [2.75, 3.05) is 31.1 Å². The molecule has 1 aromatic carbocycles. The molecule has 1 aliphatic heterocycles. The van der Waals surface area contributed by atoms with Gasteiger partial charge in [-0.25, -0.2) is 17.6 Å². The first kappa shape index (κ1) is 22.7. The fraction of sp³-hybridized carbons (Fsp3) is 0.438. The van der Waals surface area contributed by atoms with E-state index in [1.807, 2.05) is 0 Å². The number of alkyl halides is 3. The summed E-state index contributed by atoms with van der Waals surface area (Å²) in [6.07, 6.45) is 6.33. The van der Waals surface area contributed by atoms with Gasteiger partial charge in [0.15, 0.2) is 10.1 Å². The van der Waals surface area contributed by atoms with Crippen LogP contribution in [0.5, 0.6) is 0 Å². The van der Waals surface area contributed by atoms with E-state index < -0.39 is 15.6 Å². The highest BCUT2D eigenvalue weighted by molar-refractivity contribution is 9.10. The zero-order valence-corrected chi connectivity index (χ0v) is 17.4. The third kappa shape index (κ3) is 6.76. The molecular formula is C16H20BrF3N4O3S. The predicted molar refractivity (Wildman–Crippen MR) is 99.3 cm³/mol. The summed E-state index contributed by atoms with van der Waals surface area (Å²) < 4.78 is 64.4. The Hall–Kier alpha value is -1.63. The largest absolute Gasteiger partial charge is 0.741 e. The van der Waals surface area contributed by atoms with Crippen LogP contribution in [0, 0.1) is 0 Å². The van der Waals surface area contributed by atoms with Gasteiger partial charge in [0.1, 0.15) is 19.1 Å². The molecule has 0 atom stereocenters. The zero-order chi connectivity index (χ0) is 20.9. The molecular weight excluding hydrogens is 465 g/mol. The van der Waals surface area contributed by atoms with Crippen LogP contribution < -0.4 is 9.47 Å². The molecule has 1 saturated heterocycles. The molecule has 0 radical (unpaired) electrons. The van der Waals surface area contributed by atoms with E-state index in [0.717, 1.165) is 37.3 Å². The van der Waals surface area contributed by atoms with E-state index in [2.05, 4.69) is 84.9 Å². The minimum atomic E-state index is -6.09. The summed E-state index contributed by atoms with van der Waals surface area (Å²) in [4.78, 5) is 4.95. The summed E-state index contributed by atoms with van der Waals surface area (Å²) in [6.45, 7) is 5.38. The number of rotatable bonds is 3. The van der Waals surface area contributed by atoms with E-state index in [4.69, 9.17) is 13.0 Å². The van der Waals surface area contributed by atoms with Gasteiger partial charge in [0.2, 0.25) is 6.33 Å². The topological polar surface area (TPSA) is 72.5 Å². The van der Waals surface area contributed by atoms with E-state index in [1.54, 1.807) is 0 Å². The molecule has 0 N–H and O–H groups in total. The highest BCUT2D eigenvalue weighted by atomic mass is 79.9. The Balaban J connectivity index is 0.000000300. The van der Waals surface area contributed by atoms with Crippen LogP contribution in [0.25, 0.3) is 0 Å². The molecule has 156 valence electrons. The van der Waals surface area contributed by atoms with Crippen LogP contribution in [0.3, 0.4) is 0 Å². The predicted octanol–water partition coefficient (Wildman–Crippen LogP) is 1.91. The Bertz CT molecular complexity index is 864. The van der Waals surface area contributed by atoms with Crippen molar-refractivity contribution in [3.05, 3.63) is 47.5 Å². The van der Waals surface area contributed by atoms with Crippen molar-refractivity contribution in [3.63, 3.8) is 0 Å². The van der Waals surface area contributed by atoms with Crippen molar-refractivity contribution in [2.45, 2.75) is 12.2 Å². The molecule has 0 saturated carbocycles. The molecule has 28 heavy (non-hydrogen) atoms. The molecule has 0 amide bonds. The Labute approximate surface area is 169 Å². The van der Waals surface area contributed by atoms with E-state index in [0.29, 0.717) is 0 Å². The summed E-state index contributed by atoms with van der Waals surface area (Å²) in [6, 6.07) is 8.60. The van der Waals surface area contributed by atoms with Crippen LogP contribution in [-0.2, 0) is 23.8 Å². The van der Waals surface area contributed by atoms with Crippen molar-refractivity contribution in [2.24, 2.45) is 7.05 Å². The lowest BCUT2D eigenvalue weighted by Crippen LogP contribution is -2.46. The standard InChI is InChI=1S/C15H20BrN4.CHF3O3S/c1-17-6-7-19(12-17)13-18-8-10-20(11-9-18)15-4-2-14(16)3-5-15;2-1(3,4)8(5,6)7/h2-7,12H,8-11,13H2,1H3;(H,5,6,7)/q+1;/p-1. The number of aryl methyl sites for hydroxylation is 1. The molecule has 0 bridgehead atoms. The second kappa shape index (κ2) is 9.25. The van der Waals surface area contributed by atoms with Crippen LogP contribution >= 0.6 is 15.9 Å². The second-order valence-electron chi connectivity index (χ2n) is 6.22. The van der Waals surface area contributed by atoms with Crippen LogP contribution in [0.2, 0.25) is 0 Å². The van der Waals surface area contributed by atoms with Crippen molar-refractivity contribution in [1.82, 2.24) is 9.47 Å². The average Bonchev–Trinajstić information content (AvgIpc) is 3.00. The molecule has 1 aromatic heterocycles. The maximum absolute atomic E-state index is 10.7. The monoisotopic (exact) mass is 484 g/mol. The van der Waals surface area contributed by atoms with Crippen molar-refractivity contribution >= 4 is 31.7 Å². The molecule has 1 fully saturated rings. The first-order valence-electron chi connectivity index (χ1n) is 8.22. The maximum Gasteiger partial charge on any atom is 0.485 e. The van der Waals surface area contributed by atoms with Crippen molar-refractivity contribution in [3.8, 4) is 0 Å². The van der Waals surface area contributed by atoms with Gasteiger partial charge < -0.3 is 9.45 Å². The average molecular weight is 485 g/mol. The number of piperazine rings is 1. The fourth-order valence-corrected chi connectivity index (χ4v) is 2.88. The number of nitrogens with zero attached hydrogens (tertiary/aromatic N) is 4. The zero-order valence-electron chi connectivity index (χ0n) is 15.0. The van der Waals surface area contributed by atoms with Gasteiger partial charge in [-0.15, -0.1) is 0 Å². The Kier molecular flexibility index (Phi) is 7.48. The smallest absolute Gasteiger partial charge is 0.485 e. The third-order valence-corrected chi connectivity index (χ3v) is 5.13. The van der Waals surface area contributed by atoms with Gasteiger partial charge >= 0.3 is 5.51 Å². The van der Waals surface area contributed by atoms with Gasteiger partial charge in [-0.05, 0) is 24.3 Å². The van der Waals surface area contributed by atoms with Crippen molar-refractivity contribution < 1.29 is 30.7 Å². The van der Waals surface area contributed by atoms with Gasteiger partial charge in [-0.3, -0.25) is 4.90 Å². The molecule has 12 heteroatoms.